The number of aliphatic carboxylic acids is 1. The summed E-state index contributed by atoms with van der Waals surface area (Å²) >= 11 is 1.82. The third-order valence-electron chi connectivity index (χ3n) is 5.37. The molecule has 0 amide bonds. The second-order valence-electron chi connectivity index (χ2n) is 7.76. The summed E-state index contributed by atoms with van der Waals surface area (Å²) < 4.78 is 7.46. The van der Waals surface area contributed by atoms with Crippen LogP contribution in [0.2, 0.25) is 0 Å². The highest BCUT2D eigenvalue weighted by Crippen LogP contribution is 2.25. The maximum absolute atomic E-state index is 13.2. The SMILES string of the molecule is Cc1cc2c(CC(=O)O)cccc2n1C(=O)c1ccc(OCCSCc2ccccc2)cc1. The van der Waals surface area contributed by atoms with Crippen LogP contribution < -0.4 is 4.74 Å². The highest BCUT2D eigenvalue weighted by Gasteiger charge is 2.17. The number of fused-ring (bicyclic) bond motifs is 1. The molecule has 1 N–H and O–H groups in total. The molecule has 0 bridgehead atoms. The van der Waals surface area contributed by atoms with E-state index in [1.165, 1.54) is 5.56 Å². The van der Waals surface area contributed by atoms with Gasteiger partial charge in [0.2, 0.25) is 0 Å². The van der Waals surface area contributed by atoms with E-state index in [0.29, 0.717) is 23.3 Å². The summed E-state index contributed by atoms with van der Waals surface area (Å²) in [7, 11) is 0. The molecule has 0 radical (unpaired) electrons. The number of nitrogens with zero attached hydrogens (tertiary/aromatic N) is 1. The zero-order valence-corrected chi connectivity index (χ0v) is 19.2. The van der Waals surface area contributed by atoms with Crippen molar-refractivity contribution in [2.75, 3.05) is 12.4 Å². The first kappa shape index (κ1) is 22.7. The Balaban J connectivity index is 1.39. The van der Waals surface area contributed by atoms with Crippen LogP contribution in [0.15, 0.2) is 78.9 Å². The lowest BCUT2D eigenvalue weighted by Crippen LogP contribution is -2.13. The first-order chi connectivity index (χ1) is 16.0. The Hall–Kier alpha value is -3.51. The normalized spacial score (nSPS) is 10.9. The van der Waals surface area contributed by atoms with Crippen molar-refractivity contribution in [3.63, 3.8) is 0 Å². The summed E-state index contributed by atoms with van der Waals surface area (Å²) in [6.07, 6.45) is -0.0787. The fourth-order valence-corrected chi connectivity index (χ4v) is 4.59. The lowest BCUT2D eigenvalue weighted by atomic mass is 10.1. The summed E-state index contributed by atoms with van der Waals surface area (Å²) in [6.45, 7) is 2.45. The molecule has 0 fully saturated rings. The van der Waals surface area contributed by atoms with Crippen molar-refractivity contribution in [3.05, 3.63) is 101 Å². The van der Waals surface area contributed by atoms with E-state index in [-0.39, 0.29) is 12.3 Å². The second-order valence-corrected chi connectivity index (χ2v) is 8.86. The van der Waals surface area contributed by atoms with Gasteiger partial charge in [0.15, 0.2) is 0 Å². The number of aromatic nitrogens is 1. The van der Waals surface area contributed by atoms with Crippen molar-refractivity contribution < 1.29 is 19.4 Å². The number of hydrogen-bond acceptors (Lipinski definition) is 4. The van der Waals surface area contributed by atoms with E-state index >= 15 is 0 Å². The van der Waals surface area contributed by atoms with Crippen LogP contribution in [0.3, 0.4) is 0 Å². The van der Waals surface area contributed by atoms with E-state index in [9.17, 15) is 14.7 Å². The average molecular weight is 460 g/mol. The predicted molar refractivity (Wildman–Crippen MR) is 132 cm³/mol. The Morgan fingerprint density at radius 2 is 1.73 bits per heavy atom. The van der Waals surface area contributed by atoms with Crippen LogP contribution in [0.5, 0.6) is 5.75 Å². The molecule has 1 aromatic heterocycles. The van der Waals surface area contributed by atoms with Gasteiger partial charge < -0.3 is 9.84 Å². The molecule has 0 aliphatic carbocycles. The smallest absolute Gasteiger partial charge is 0.307 e. The van der Waals surface area contributed by atoms with Gasteiger partial charge in [0.1, 0.15) is 5.75 Å². The summed E-state index contributed by atoms with van der Waals surface area (Å²) in [5.41, 5.74) is 4.03. The molecular weight excluding hydrogens is 434 g/mol. The van der Waals surface area contributed by atoms with Gasteiger partial charge in [-0.2, -0.15) is 11.8 Å². The molecule has 0 saturated heterocycles. The summed E-state index contributed by atoms with van der Waals surface area (Å²) in [5.74, 6) is 1.51. The van der Waals surface area contributed by atoms with Crippen molar-refractivity contribution in [2.45, 2.75) is 19.1 Å². The minimum absolute atomic E-state index is 0.0787. The molecule has 0 unspecified atom stereocenters. The van der Waals surface area contributed by atoms with Gasteiger partial charge in [-0.3, -0.25) is 14.2 Å². The monoisotopic (exact) mass is 459 g/mol. The molecule has 0 aliphatic heterocycles. The van der Waals surface area contributed by atoms with Gasteiger partial charge in [0, 0.05) is 28.1 Å². The van der Waals surface area contributed by atoms with Crippen LogP contribution in [0.25, 0.3) is 10.9 Å². The van der Waals surface area contributed by atoms with E-state index in [0.717, 1.165) is 28.3 Å². The Kier molecular flexibility index (Phi) is 7.15. The van der Waals surface area contributed by atoms with Crippen molar-refractivity contribution >= 4 is 34.5 Å². The van der Waals surface area contributed by atoms with Gasteiger partial charge in [-0.05, 0) is 54.4 Å². The number of carbonyl (C=O) groups is 2. The molecule has 4 aromatic rings. The summed E-state index contributed by atoms with van der Waals surface area (Å²) in [4.78, 5) is 24.4. The molecule has 6 heteroatoms. The number of rotatable bonds is 9. The average Bonchev–Trinajstić information content (AvgIpc) is 3.16. The third-order valence-corrected chi connectivity index (χ3v) is 6.37. The van der Waals surface area contributed by atoms with Gasteiger partial charge in [-0.1, -0.05) is 42.5 Å². The molecular formula is C27H25NO4S. The van der Waals surface area contributed by atoms with E-state index in [1.807, 2.05) is 61.2 Å². The van der Waals surface area contributed by atoms with Gasteiger partial charge in [-0.15, -0.1) is 0 Å². The summed E-state index contributed by atoms with van der Waals surface area (Å²) in [6, 6.07) is 24.8. The topological polar surface area (TPSA) is 68.5 Å². The number of aryl methyl sites for hydroxylation is 1. The van der Waals surface area contributed by atoms with E-state index in [1.54, 1.807) is 28.8 Å². The molecule has 1 heterocycles. The van der Waals surface area contributed by atoms with Gasteiger partial charge in [-0.25, -0.2) is 0 Å². The first-order valence-corrected chi connectivity index (χ1v) is 11.9. The van der Waals surface area contributed by atoms with E-state index in [4.69, 9.17) is 4.74 Å². The molecule has 0 atom stereocenters. The fourth-order valence-electron chi connectivity index (χ4n) is 3.82. The van der Waals surface area contributed by atoms with Crippen LogP contribution in [0.1, 0.15) is 27.2 Å². The molecule has 4 rings (SSSR count). The van der Waals surface area contributed by atoms with Crippen molar-refractivity contribution in [2.24, 2.45) is 0 Å². The van der Waals surface area contributed by atoms with E-state index in [2.05, 4.69) is 12.1 Å². The standard InChI is InChI=1S/C27H25NO4S/c1-19-16-24-22(17-26(29)30)8-5-9-25(24)28(19)27(31)21-10-12-23(13-11-21)32-14-15-33-18-20-6-3-2-4-7-20/h2-13,16H,14-15,17-18H2,1H3,(H,29,30). The predicted octanol–water partition coefficient (Wildman–Crippen LogP) is 5.58. The molecule has 0 spiro atoms. The second kappa shape index (κ2) is 10.4. The van der Waals surface area contributed by atoms with Gasteiger partial charge in [0.25, 0.3) is 5.91 Å². The molecule has 5 nitrogen and oxygen atoms in total. The Morgan fingerprint density at radius 3 is 2.45 bits per heavy atom. The first-order valence-electron chi connectivity index (χ1n) is 10.7. The molecule has 168 valence electrons. The fraction of sp³-hybridized carbons (Fsp3) is 0.185. The number of ether oxygens (including phenoxy) is 1. The number of carboxylic acid groups (broad SMARTS) is 1. The number of carboxylic acids is 1. The Bertz CT molecular complexity index is 1260. The molecule has 33 heavy (non-hydrogen) atoms. The van der Waals surface area contributed by atoms with Crippen LogP contribution in [0, 0.1) is 6.92 Å². The maximum Gasteiger partial charge on any atom is 0.307 e. The Morgan fingerprint density at radius 1 is 0.970 bits per heavy atom. The zero-order valence-electron chi connectivity index (χ0n) is 18.4. The van der Waals surface area contributed by atoms with Crippen LogP contribution in [-0.4, -0.2) is 33.9 Å². The highest BCUT2D eigenvalue weighted by molar-refractivity contribution is 7.98. The van der Waals surface area contributed by atoms with Crippen molar-refractivity contribution in [1.29, 1.82) is 0 Å². The molecule has 3 aromatic carbocycles. The lowest BCUT2D eigenvalue weighted by Gasteiger charge is -2.10. The Labute approximate surface area is 197 Å². The van der Waals surface area contributed by atoms with Crippen molar-refractivity contribution in [3.8, 4) is 5.75 Å². The molecule has 0 aliphatic rings. The van der Waals surface area contributed by atoms with Crippen LogP contribution in [0.4, 0.5) is 0 Å². The highest BCUT2D eigenvalue weighted by atomic mass is 32.2. The number of hydrogen-bond donors (Lipinski definition) is 1. The zero-order chi connectivity index (χ0) is 23.2. The van der Waals surface area contributed by atoms with Gasteiger partial charge >= 0.3 is 5.97 Å². The van der Waals surface area contributed by atoms with Crippen molar-refractivity contribution in [1.82, 2.24) is 4.57 Å². The number of benzene rings is 3. The number of thioether (sulfide) groups is 1. The minimum Gasteiger partial charge on any atom is -0.493 e. The third kappa shape index (κ3) is 5.46. The van der Waals surface area contributed by atoms with E-state index < -0.39 is 5.97 Å². The quantitative estimate of drug-likeness (QED) is 0.331. The van der Waals surface area contributed by atoms with Crippen LogP contribution in [-0.2, 0) is 17.0 Å². The van der Waals surface area contributed by atoms with Crippen LogP contribution >= 0.6 is 11.8 Å². The largest absolute Gasteiger partial charge is 0.493 e. The summed E-state index contributed by atoms with van der Waals surface area (Å²) in [5, 5.41) is 9.96. The minimum atomic E-state index is -0.895. The maximum atomic E-state index is 13.2. The molecule has 0 saturated carbocycles. The van der Waals surface area contributed by atoms with Gasteiger partial charge in [0.05, 0.1) is 18.5 Å². The lowest BCUT2D eigenvalue weighted by molar-refractivity contribution is -0.136. The number of carbonyl (C=O) groups excluding carboxylic acids is 1.